The third-order valence-corrected chi connectivity index (χ3v) is 3.05. The molecule has 0 saturated carbocycles. The van der Waals surface area contributed by atoms with E-state index in [1.165, 1.54) is 7.11 Å². The lowest BCUT2D eigenvalue weighted by molar-refractivity contribution is -0.133. The zero-order valence-electron chi connectivity index (χ0n) is 12.5. The van der Waals surface area contributed by atoms with Crippen LogP contribution in [0.3, 0.4) is 0 Å². The average molecular weight is 293 g/mol. The van der Waals surface area contributed by atoms with Gasteiger partial charge in [0.1, 0.15) is 6.04 Å². The molecular weight excluding hydrogens is 270 g/mol. The van der Waals surface area contributed by atoms with E-state index in [-0.39, 0.29) is 25.0 Å². The Morgan fingerprint density at radius 1 is 1.33 bits per heavy atom. The lowest BCUT2D eigenvalue weighted by Gasteiger charge is -2.21. The summed E-state index contributed by atoms with van der Waals surface area (Å²) in [5, 5.41) is 2.53. The molecule has 3 N–H and O–H groups in total. The van der Waals surface area contributed by atoms with Gasteiger partial charge in [0, 0.05) is 20.2 Å². The van der Waals surface area contributed by atoms with Gasteiger partial charge in [0.25, 0.3) is 0 Å². The normalized spacial score (nSPS) is 11.8. The molecule has 0 fully saturated rings. The number of methoxy groups -OCH3 is 1. The number of nitrogens with two attached hydrogens (primary N) is 1. The van der Waals surface area contributed by atoms with Crippen LogP contribution >= 0.6 is 0 Å². The highest BCUT2D eigenvalue weighted by atomic mass is 16.5. The number of nitrogens with zero attached hydrogens (tertiary/aromatic N) is 1. The fourth-order valence-corrected chi connectivity index (χ4v) is 1.84. The molecule has 0 saturated heterocycles. The number of hydrogen-bond donors (Lipinski definition) is 2. The second-order valence-electron chi connectivity index (χ2n) is 4.67. The third kappa shape index (κ3) is 5.93. The summed E-state index contributed by atoms with van der Waals surface area (Å²) < 4.78 is 4.80. The van der Waals surface area contributed by atoms with Gasteiger partial charge in [0.05, 0.1) is 13.2 Å². The van der Waals surface area contributed by atoms with Crippen LogP contribution in [0, 0.1) is 0 Å². The minimum Gasteiger partial charge on any atom is -0.383 e. The molecule has 0 aromatic heterocycles. The lowest BCUT2D eigenvalue weighted by Crippen LogP contribution is -2.47. The van der Waals surface area contributed by atoms with Crippen molar-refractivity contribution in [3.05, 3.63) is 35.9 Å². The molecule has 116 valence electrons. The maximum Gasteiger partial charge on any atom is 0.242 e. The first-order chi connectivity index (χ1) is 10.1. The van der Waals surface area contributed by atoms with Crippen molar-refractivity contribution in [3.63, 3.8) is 0 Å². The van der Waals surface area contributed by atoms with Gasteiger partial charge in [-0.1, -0.05) is 30.3 Å². The van der Waals surface area contributed by atoms with Crippen molar-refractivity contribution in [1.82, 2.24) is 10.2 Å². The van der Waals surface area contributed by atoms with Crippen molar-refractivity contribution in [2.24, 2.45) is 5.73 Å². The van der Waals surface area contributed by atoms with Gasteiger partial charge in [0.2, 0.25) is 11.8 Å². The quantitative estimate of drug-likeness (QED) is 0.713. The van der Waals surface area contributed by atoms with Crippen molar-refractivity contribution < 1.29 is 14.3 Å². The molecule has 1 atom stereocenters. The van der Waals surface area contributed by atoms with Crippen molar-refractivity contribution >= 4 is 11.8 Å². The Balaban J connectivity index is 2.46. The highest BCUT2D eigenvalue weighted by Crippen LogP contribution is 2.04. The predicted octanol–water partition coefficient (Wildman–Crippen LogP) is 0.125. The number of ether oxygens (including phenoxy) is 1. The number of carbonyl (C=O) groups excluding carboxylic acids is 2. The van der Waals surface area contributed by atoms with Crippen LogP contribution in [0.25, 0.3) is 0 Å². The van der Waals surface area contributed by atoms with Crippen LogP contribution in [0.2, 0.25) is 0 Å². The molecule has 0 aliphatic carbocycles. The van der Waals surface area contributed by atoms with E-state index in [1.807, 2.05) is 37.3 Å². The van der Waals surface area contributed by atoms with Gasteiger partial charge in [-0.2, -0.15) is 0 Å². The molecule has 0 radical (unpaired) electrons. The van der Waals surface area contributed by atoms with Gasteiger partial charge in [0.15, 0.2) is 0 Å². The topological polar surface area (TPSA) is 84.7 Å². The molecule has 21 heavy (non-hydrogen) atoms. The lowest BCUT2D eigenvalue weighted by atomic mass is 10.2. The molecule has 0 aliphatic heterocycles. The van der Waals surface area contributed by atoms with Crippen LogP contribution in [0.4, 0.5) is 0 Å². The number of nitrogens with one attached hydrogen (secondary N) is 1. The van der Waals surface area contributed by atoms with E-state index in [2.05, 4.69) is 5.32 Å². The van der Waals surface area contributed by atoms with E-state index < -0.39 is 6.04 Å². The SMILES string of the molecule is CCN(Cc1ccccc1)C(=O)CNC(=O)C(N)COC. The zero-order chi connectivity index (χ0) is 15.7. The largest absolute Gasteiger partial charge is 0.383 e. The van der Waals surface area contributed by atoms with Gasteiger partial charge in [-0.15, -0.1) is 0 Å². The monoisotopic (exact) mass is 293 g/mol. The summed E-state index contributed by atoms with van der Waals surface area (Å²) in [5.74, 6) is -0.528. The molecule has 2 amide bonds. The van der Waals surface area contributed by atoms with Crippen LogP contribution in [-0.4, -0.2) is 49.6 Å². The number of rotatable bonds is 8. The van der Waals surface area contributed by atoms with Crippen LogP contribution in [0.5, 0.6) is 0 Å². The van der Waals surface area contributed by atoms with E-state index in [4.69, 9.17) is 10.5 Å². The molecule has 0 heterocycles. The van der Waals surface area contributed by atoms with Crippen LogP contribution in [0.1, 0.15) is 12.5 Å². The standard InChI is InChI=1S/C15H23N3O3/c1-3-18(10-12-7-5-4-6-8-12)14(19)9-17-15(20)13(16)11-21-2/h4-8,13H,3,9-11,16H2,1-2H3,(H,17,20). The summed E-state index contributed by atoms with van der Waals surface area (Å²) >= 11 is 0. The molecule has 0 spiro atoms. The van der Waals surface area contributed by atoms with Crippen molar-refractivity contribution in [2.75, 3.05) is 26.8 Å². The molecule has 0 bridgehead atoms. The summed E-state index contributed by atoms with van der Waals surface area (Å²) in [4.78, 5) is 25.4. The Morgan fingerprint density at radius 3 is 2.57 bits per heavy atom. The maximum atomic E-state index is 12.1. The fraction of sp³-hybridized carbons (Fsp3) is 0.467. The zero-order valence-corrected chi connectivity index (χ0v) is 12.5. The van der Waals surface area contributed by atoms with Crippen molar-refractivity contribution in [2.45, 2.75) is 19.5 Å². The minimum atomic E-state index is -0.757. The van der Waals surface area contributed by atoms with Crippen LogP contribution < -0.4 is 11.1 Å². The van der Waals surface area contributed by atoms with Crippen molar-refractivity contribution in [1.29, 1.82) is 0 Å². The highest BCUT2D eigenvalue weighted by molar-refractivity contribution is 5.87. The average Bonchev–Trinajstić information content (AvgIpc) is 2.51. The molecule has 1 aromatic rings. The van der Waals surface area contributed by atoms with Gasteiger partial charge < -0.3 is 20.7 Å². The molecular formula is C15H23N3O3. The first kappa shape index (κ1) is 17.1. The van der Waals surface area contributed by atoms with E-state index >= 15 is 0 Å². The predicted molar refractivity (Wildman–Crippen MR) is 80.4 cm³/mol. The first-order valence-corrected chi connectivity index (χ1v) is 6.92. The molecule has 1 aromatic carbocycles. The van der Waals surface area contributed by atoms with E-state index in [1.54, 1.807) is 4.90 Å². The van der Waals surface area contributed by atoms with Crippen LogP contribution in [-0.2, 0) is 20.9 Å². The second-order valence-corrected chi connectivity index (χ2v) is 4.67. The van der Waals surface area contributed by atoms with Gasteiger partial charge in [-0.25, -0.2) is 0 Å². The van der Waals surface area contributed by atoms with E-state index in [9.17, 15) is 9.59 Å². The molecule has 6 heteroatoms. The number of hydrogen-bond acceptors (Lipinski definition) is 4. The van der Waals surface area contributed by atoms with Crippen LogP contribution in [0.15, 0.2) is 30.3 Å². The van der Waals surface area contributed by atoms with Gasteiger partial charge in [-0.05, 0) is 12.5 Å². The Labute approximate surface area is 125 Å². The third-order valence-electron chi connectivity index (χ3n) is 3.05. The number of carbonyl (C=O) groups is 2. The van der Waals surface area contributed by atoms with Gasteiger partial charge in [-0.3, -0.25) is 9.59 Å². The summed E-state index contributed by atoms with van der Waals surface area (Å²) in [6.45, 7) is 3.07. The Kier molecular flexibility index (Phi) is 7.42. The fourth-order valence-electron chi connectivity index (χ4n) is 1.84. The highest BCUT2D eigenvalue weighted by Gasteiger charge is 2.16. The number of benzene rings is 1. The first-order valence-electron chi connectivity index (χ1n) is 6.92. The maximum absolute atomic E-state index is 12.1. The number of likely N-dealkylation sites (N-methyl/N-ethyl adjacent to an activating group) is 1. The molecule has 1 unspecified atom stereocenters. The second kappa shape index (κ2) is 9.10. The molecule has 6 nitrogen and oxygen atoms in total. The summed E-state index contributed by atoms with van der Waals surface area (Å²) in [6, 6.07) is 8.95. The van der Waals surface area contributed by atoms with Crippen molar-refractivity contribution in [3.8, 4) is 0 Å². The van der Waals surface area contributed by atoms with Gasteiger partial charge >= 0.3 is 0 Å². The Morgan fingerprint density at radius 2 is 2.00 bits per heavy atom. The van der Waals surface area contributed by atoms with E-state index in [0.717, 1.165) is 5.56 Å². The summed E-state index contributed by atoms with van der Waals surface area (Å²) in [7, 11) is 1.47. The van der Waals surface area contributed by atoms with E-state index in [0.29, 0.717) is 13.1 Å². The molecule has 0 aliphatic rings. The smallest absolute Gasteiger partial charge is 0.242 e. The Bertz CT molecular complexity index is 451. The number of amides is 2. The summed E-state index contributed by atoms with van der Waals surface area (Å²) in [5.41, 5.74) is 6.64. The summed E-state index contributed by atoms with van der Waals surface area (Å²) in [6.07, 6.45) is 0. The Hall–Kier alpha value is -1.92. The molecule has 1 rings (SSSR count). The minimum absolute atomic E-state index is 0.0586.